The average Bonchev–Trinajstić information content (AvgIpc) is 3.23. The van der Waals surface area contributed by atoms with Crippen molar-refractivity contribution in [3.05, 3.63) is 17.6 Å². The standard InChI is InChI=1S/C16H25N3/c1-2-3-11-4-6-13(7-5-11)16-18-14(12-8-9-12)10-15(17)19-16/h10-13H,2-9H2,1H3,(H2,17,18,19). The van der Waals surface area contributed by atoms with Crippen LogP contribution in [0.25, 0.3) is 0 Å². The second kappa shape index (κ2) is 5.48. The third kappa shape index (κ3) is 3.07. The Morgan fingerprint density at radius 1 is 1.05 bits per heavy atom. The van der Waals surface area contributed by atoms with Gasteiger partial charge >= 0.3 is 0 Å². The van der Waals surface area contributed by atoms with Crippen LogP contribution in [0.2, 0.25) is 0 Å². The van der Waals surface area contributed by atoms with Gasteiger partial charge in [0.1, 0.15) is 11.6 Å². The van der Waals surface area contributed by atoms with E-state index < -0.39 is 0 Å². The van der Waals surface area contributed by atoms with Gasteiger partial charge in [-0.3, -0.25) is 0 Å². The van der Waals surface area contributed by atoms with E-state index in [4.69, 9.17) is 10.7 Å². The van der Waals surface area contributed by atoms with Gasteiger partial charge in [-0.25, -0.2) is 9.97 Å². The highest BCUT2D eigenvalue weighted by Gasteiger charge is 2.28. The van der Waals surface area contributed by atoms with E-state index in [1.54, 1.807) is 0 Å². The molecule has 3 rings (SSSR count). The van der Waals surface area contributed by atoms with Crippen molar-refractivity contribution >= 4 is 5.82 Å². The van der Waals surface area contributed by atoms with Crippen molar-refractivity contribution in [3.8, 4) is 0 Å². The summed E-state index contributed by atoms with van der Waals surface area (Å²) >= 11 is 0. The number of rotatable bonds is 4. The number of hydrogen-bond donors (Lipinski definition) is 1. The number of nitrogens with two attached hydrogens (primary N) is 1. The summed E-state index contributed by atoms with van der Waals surface area (Å²) in [5, 5.41) is 0. The summed E-state index contributed by atoms with van der Waals surface area (Å²) in [5.41, 5.74) is 7.15. The maximum absolute atomic E-state index is 5.96. The number of nitrogens with zero attached hydrogens (tertiary/aromatic N) is 2. The van der Waals surface area contributed by atoms with Crippen LogP contribution >= 0.6 is 0 Å². The second-order valence-corrected chi connectivity index (χ2v) is 6.36. The Hall–Kier alpha value is -1.12. The van der Waals surface area contributed by atoms with Gasteiger partial charge in [-0.15, -0.1) is 0 Å². The Balaban J connectivity index is 1.69. The SMILES string of the molecule is CCCC1CCC(c2nc(N)cc(C3CC3)n2)CC1. The first-order chi connectivity index (χ1) is 9.26. The number of anilines is 1. The summed E-state index contributed by atoms with van der Waals surface area (Å²) < 4.78 is 0. The van der Waals surface area contributed by atoms with E-state index in [0.29, 0.717) is 17.7 Å². The van der Waals surface area contributed by atoms with Crippen LogP contribution < -0.4 is 5.73 Å². The topological polar surface area (TPSA) is 51.8 Å². The fraction of sp³-hybridized carbons (Fsp3) is 0.750. The molecule has 1 aromatic heterocycles. The molecular weight excluding hydrogens is 234 g/mol. The predicted octanol–water partition coefficient (Wildman–Crippen LogP) is 4.01. The molecule has 2 N–H and O–H groups in total. The van der Waals surface area contributed by atoms with Crippen molar-refractivity contribution in [2.45, 2.75) is 70.1 Å². The van der Waals surface area contributed by atoms with Gasteiger partial charge in [0.15, 0.2) is 0 Å². The zero-order valence-corrected chi connectivity index (χ0v) is 11.9. The van der Waals surface area contributed by atoms with Crippen LogP contribution in [-0.4, -0.2) is 9.97 Å². The third-order valence-electron chi connectivity index (χ3n) is 4.69. The smallest absolute Gasteiger partial charge is 0.134 e. The lowest BCUT2D eigenvalue weighted by Crippen LogP contribution is -2.16. The molecule has 2 saturated carbocycles. The summed E-state index contributed by atoms with van der Waals surface area (Å²) in [5.74, 6) is 3.85. The van der Waals surface area contributed by atoms with E-state index in [9.17, 15) is 0 Å². The molecule has 2 aliphatic carbocycles. The van der Waals surface area contributed by atoms with Crippen molar-refractivity contribution in [3.63, 3.8) is 0 Å². The van der Waals surface area contributed by atoms with E-state index in [0.717, 1.165) is 11.7 Å². The Morgan fingerprint density at radius 3 is 2.37 bits per heavy atom. The molecule has 0 radical (unpaired) electrons. The minimum atomic E-state index is 0.550. The Labute approximate surface area is 116 Å². The van der Waals surface area contributed by atoms with Crippen LogP contribution in [0.4, 0.5) is 5.82 Å². The Morgan fingerprint density at radius 2 is 1.74 bits per heavy atom. The monoisotopic (exact) mass is 259 g/mol. The summed E-state index contributed by atoms with van der Waals surface area (Å²) in [6.07, 6.45) is 10.4. The molecule has 104 valence electrons. The molecule has 1 aromatic rings. The lowest BCUT2D eigenvalue weighted by Gasteiger charge is -2.27. The second-order valence-electron chi connectivity index (χ2n) is 6.36. The molecule has 0 atom stereocenters. The summed E-state index contributed by atoms with van der Waals surface area (Å²) in [4.78, 5) is 9.30. The summed E-state index contributed by atoms with van der Waals surface area (Å²) in [6, 6.07) is 1.98. The molecule has 2 fully saturated rings. The van der Waals surface area contributed by atoms with Crippen LogP contribution in [0.3, 0.4) is 0 Å². The molecule has 0 unspecified atom stereocenters. The highest BCUT2D eigenvalue weighted by Crippen LogP contribution is 2.41. The van der Waals surface area contributed by atoms with Crippen LogP contribution in [0.1, 0.15) is 81.6 Å². The minimum Gasteiger partial charge on any atom is -0.384 e. The molecule has 0 bridgehead atoms. The zero-order valence-electron chi connectivity index (χ0n) is 11.9. The largest absolute Gasteiger partial charge is 0.384 e. The first-order valence-corrected chi connectivity index (χ1v) is 7.90. The van der Waals surface area contributed by atoms with Gasteiger partial charge in [0.25, 0.3) is 0 Å². The number of nitrogen functional groups attached to an aromatic ring is 1. The van der Waals surface area contributed by atoms with Gasteiger partial charge in [-0.05, 0) is 44.4 Å². The van der Waals surface area contributed by atoms with Crippen LogP contribution in [-0.2, 0) is 0 Å². The van der Waals surface area contributed by atoms with Gasteiger partial charge in [0.2, 0.25) is 0 Å². The van der Waals surface area contributed by atoms with Crippen molar-refractivity contribution in [2.24, 2.45) is 5.92 Å². The van der Waals surface area contributed by atoms with E-state index in [1.807, 2.05) is 6.07 Å². The first-order valence-electron chi connectivity index (χ1n) is 7.90. The number of hydrogen-bond acceptors (Lipinski definition) is 3. The highest BCUT2D eigenvalue weighted by molar-refractivity contribution is 5.33. The first kappa shape index (κ1) is 12.9. The molecule has 0 saturated heterocycles. The minimum absolute atomic E-state index is 0.550. The van der Waals surface area contributed by atoms with Gasteiger partial charge in [-0.1, -0.05) is 19.8 Å². The van der Waals surface area contributed by atoms with Gasteiger partial charge in [0, 0.05) is 23.6 Å². The molecule has 3 heteroatoms. The highest BCUT2D eigenvalue weighted by atomic mass is 15.0. The van der Waals surface area contributed by atoms with E-state index >= 15 is 0 Å². The molecule has 3 nitrogen and oxygen atoms in total. The molecule has 1 heterocycles. The normalized spacial score (nSPS) is 27.4. The zero-order chi connectivity index (χ0) is 13.2. The van der Waals surface area contributed by atoms with Crippen molar-refractivity contribution in [2.75, 3.05) is 5.73 Å². The van der Waals surface area contributed by atoms with E-state index in [1.165, 1.54) is 57.1 Å². The third-order valence-corrected chi connectivity index (χ3v) is 4.69. The van der Waals surface area contributed by atoms with E-state index in [-0.39, 0.29) is 0 Å². The van der Waals surface area contributed by atoms with Gasteiger partial charge < -0.3 is 5.73 Å². The fourth-order valence-electron chi connectivity index (χ4n) is 3.39. The van der Waals surface area contributed by atoms with Crippen molar-refractivity contribution in [1.29, 1.82) is 0 Å². The van der Waals surface area contributed by atoms with Crippen LogP contribution in [0, 0.1) is 5.92 Å². The molecule has 0 aromatic carbocycles. The lowest BCUT2D eigenvalue weighted by atomic mass is 9.80. The molecule has 19 heavy (non-hydrogen) atoms. The average molecular weight is 259 g/mol. The number of aromatic nitrogens is 2. The fourth-order valence-corrected chi connectivity index (χ4v) is 3.39. The summed E-state index contributed by atoms with van der Waals surface area (Å²) in [7, 11) is 0. The lowest BCUT2D eigenvalue weighted by molar-refractivity contribution is 0.302. The Kier molecular flexibility index (Phi) is 3.72. The van der Waals surface area contributed by atoms with Crippen LogP contribution in [0.5, 0.6) is 0 Å². The molecule has 0 amide bonds. The predicted molar refractivity (Wildman–Crippen MR) is 78.0 cm³/mol. The molecule has 0 spiro atoms. The molecular formula is C16H25N3. The van der Waals surface area contributed by atoms with Gasteiger partial charge in [-0.2, -0.15) is 0 Å². The summed E-state index contributed by atoms with van der Waals surface area (Å²) in [6.45, 7) is 2.29. The molecule has 2 aliphatic rings. The Bertz CT molecular complexity index is 432. The van der Waals surface area contributed by atoms with Crippen LogP contribution in [0.15, 0.2) is 6.07 Å². The maximum atomic E-state index is 5.96. The van der Waals surface area contributed by atoms with Crippen molar-refractivity contribution in [1.82, 2.24) is 9.97 Å². The van der Waals surface area contributed by atoms with Crippen molar-refractivity contribution < 1.29 is 0 Å². The van der Waals surface area contributed by atoms with Gasteiger partial charge in [0.05, 0.1) is 0 Å². The van der Waals surface area contributed by atoms with E-state index in [2.05, 4.69) is 11.9 Å². The molecule has 0 aliphatic heterocycles. The quantitative estimate of drug-likeness (QED) is 0.888. The maximum Gasteiger partial charge on any atom is 0.134 e.